The standard InChI is InChI=1S/C21H26ClFN6O10P2/c1-3-35-20(31)11(2)28-40(32,38-12-7-5-4-6-8-12)39-41(33,34)36-9-13-16(30)14(23)19(37-13)29-10-25-15-17(24)26-21(22)27-18(15)29/h4-8,10-11,13-14,16,19,30H,3,9H2,1-2H3,(H,28,32)(H,33,34)(H2,24,26,27)/t11-,13+,14+,16?,19+,40?/m0/s1. The van der Waals surface area contributed by atoms with E-state index in [0.717, 1.165) is 10.9 Å². The highest BCUT2D eigenvalue weighted by atomic mass is 35.5. The number of benzene rings is 1. The maximum atomic E-state index is 15.1. The Morgan fingerprint density at radius 2 is 2.02 bits per heavy atom. The van der Waals surface area contributed by atoms with Crippen LogP contribution in [-0.2, 0) is 32.2 Å². The predicted molar refractivity (Wildman–Crippen MR) is 140 cm³/mol. The first-order valence-corrected chi connectivity index (χ1v) is 15.3. The first kappa shape index (κ1) is 31.2. The van der Waals surface area contributed by atoms with Gasteiger partial charge in [-0.1, -0.05) is 18.2 Å². The van der Waals surface area contributed by atoms with Gasteiger partial charge in [-0.15, -0.1) is 0 Å². The summed E-state index contributed by atoms with van der Waals surface area (Å²) in [5.74, 6) is -0.947. The Morgan fingerprint density at radius 3 is 2.71 bits per heavy atom. The van der Waals surface area contributed by atoms with Gasteiger partial charge in [0.15, 0.2) is 23.9 Å². The smallest absolute Gasteiger partial charge is 0.465 e. The molecule has 20 heteroatoms. The zero-order valence-corrected chi connectivity index (χ0v) is 24.0. The number of nitrogens with zero attached hydrogens (tertiary/aromatic N) is 4. The third kappa shape index (κ3) is 7.38. The van der Waals surface area contributed by atoms with Crippen LogP contribution in [0.2, 0.25) is 5.28 Å². The molecule has 1 aliphatic heterocycles. The third-order valence-corrected chi connectivity index (χ3v) is 9.05. The number of esters is 1. The molecule has 224 valence electrons. The highest BCUT2D eigenvalue weighted by Gasteiger charge is 2.48. The van der Waals surface area contributed by atoms with Crippen molar-refractivity contribution in [1.82, 2.24) is 24.6 Å². The number of carbonyl (C=O) groups is 1. The Kier molecular flexibility index (Phi) is 9.63. The number of rotatable bonds is 12. The van der Waals surface area contributed by atoms with E-state index in [1.807, 2.05) is 0 Å². The largest absolute Gasteiger partial charge is 0.481 e. The Hall–Kier alpha value is -2.72. The molecule has 7 atom stereocenters. The molecule has 0 bridgehead atoms. The lowest BCUT2D eigenvalue weighted by Gasteiger charge is -2.24. The molecule has 0 saturated carbocycles. The van der Waals surface area contributed by atoms with Crippen LogP contribution in [0, 0.1) is 0 Å². The minimum absolute atomic E-state index is 0.0136. The maximum absolute atomic E-state index is 15.1. The van der Waals surface area contributed by atoms with Gasteiger partial charge < -0.3 is 29.7 Å². The molecule has 0 spiro atoms. The number of anilines is 1. The zero-order valence-electron chi connectivity index (χ0n) is 21.4. The first-order valence-electron chi connectivity index (χ1n) is 11.9. The fraction of sp³-hybridized carbons (Fsp3) is 0.429. The van der Waals surface area contributed by atoms with Crippen LogP contribution < -0.4 is 15.3 Å². The number of alkyl halides is 1. The Balaban J connectivity index is 1.47. The van der Waals surface area contributed by atoms with Gasteiger partial charge in [-0.25, -0.2) is 18.5 Å². The summed E-state index contributed by atoms with van der Waals surface area (Å²) in [7, 11) is -10.1. The number of halogens is 2. The molecule has 0 amide bonds. The Bertz CT molecular complexity index is 1490. The van der Waals surface area contributed by atoms with Gasteiger partial charge in [-0.2, -0.15) is 19.4 Å². The molecule has 5 N–H and O–H groups in total. The molecule has 1 aliphatic rings. The second-order valence-corrected chi connectivity index (χ2v) is 12.2. The van der Waals surface area contributed by atoms with Gasteiger partial charge in [0.1, 0.15) is 29.5 Å². The van der Waals surface area contributed by atoms with Crippen LogP contribution >= 0.6 is 27.2 Å². The number of aliphatic hydroxyl groups excluding tert-OH is 1. The number of para-hydroxylation sites is 1. The van der Waals surface area contributed by atoms with Crippen molar-refractivity contribution in [3.05, 3.63) is 41.9 Å². The summed E-state index contributed by atoms with van der Waals surface area (Å²) in [5, 5.41) is 12.4. The number of fused-ring (bicyclic) bond motifs is 1. The lowest BCUT2D eigenvalue weighted by atomic mass is 10.1. The van der Waals surface area contributed by atoms with Gasteiger partial charge in [0, 0.05) is 0 Å². The van der Waals surface area contributed by atoms with Crippen LogP contribution in [0.25, 0.3) is 11.2 Å². The van der Waals surface area contributed by atoms with Crippen molar-refractivity contribution in [1.29, 1.82) is 0 Å². The van der Waals surface area contributed by atoms with Crippen molar-refractivity contribution in [2.75, 3.05) is 18.9 Å². The highest BCUT2D eigenvalue weighted by molar-refractivity contribution is 7.63. The monoisotopic (exact) mass is 638 g/mol. The van der Waals surface area contributed by atoms with Crippen LogP contribution in [0.3, 0.4) is 0 Å². The van der Waals surface area contributed by atoms with E-state index in [1.165, 1.54) is 31.2 Å². The number of nitrogen functional groups attached to an aromatic ring is 1. The quantitative estimate of drug-likeness (QED) is 0.127. The van der Waals surface area contributed by atoms with E-state index >= 15 is 4.39 Å². The van der Waals surface area contributed by atoms with Gasteiger partial charge in [0.05, 0.1) is 19.5 Å². The molecule has 4 rings (SSSR count). The summed E-state index contributed by atoms with van der Waals surface area (Å²) < 4.78 is 67.8. The molecule has 41 heavy (non-hydrogen) atoms. The summed E-state index contributed by atoms with van der Waals surface area (Å²) >= 11 is 5.84. The van der Waals surface area contributed by atoms with Gasteiger partial charge in [0.2, 0.25) is 5.28 Å². The topological polar surface area (TPSA) is 219 Å². The summed E-state index contributed by atoms with van der Waals surface area (Å²) in [4.78, 5) is 34.1. The van der Waals surface area contributed by atoms with Gasteiger partial charge in [-0.3, -0.25) is 13.9 Å². The summed E-state index contributed by atoms with van der Waals surface area (Å²) in [6, 6.07) is 6.16. The molecular formula is C21H26ClFN6O10P2. The van der Waals surface area contributed by atoms with Crippen LogP contribution in [-0.4, -0.2) is 73.1 Å². The normalized spacial score (nSPS) is 24.4. The number of ether oxygens (including phenoxy) is 2. The van der Waals surface area contributed by atoms with Crippen molar-refractivity contribution >= 4 is 50.1 Å². The molecule has 0 aliphatic carbocycles. The predicted octanol–water partition coefficient (Wildman–Crippen LogP) is 2.52. The summed E-state index contributed by atoms with van der Waals surface area (Å²) in [5.41, 5.74) is 5.88. The van der Waals surface area contributed by atoms with Gasteiger partial charge in [0.25, 0.3) is 0 Å². The number of phosphoric acid groups is 1. The van der Waals surface area contributed by atoms with E-state index in [4.69, 9.17) is 40.2 Å². The number of imidazole rings is 1. The molecule has 2 aromatic heterocycles. The van der Waals surface area contributed by atoms with Crippen LogP contribution in [0.15, 0.2) is 36.7 Å². The SMILES string of the molecule is CCOC(=O)[C@H](C)NP(=O)(Oc1ccccc1)OP(=O)(O)OC[C@H]1O[C@@H](n2cnc3c(N)nc(Cl)nc32)[C@H](F)C1O. The molecule has 3 heterocycles. The minimum atomic E-state index is -5.27. The molecule has 1 saturated heterocycles. The molecular weight excluding hydrogens is 613 g/mol. The van der Waals surface area contributed by atoms with Crippen molar-refractivity contribution in [2.24, 2.45) is 0 Å². The molecule has 3 aromatic rings. The van der Waals surface area contributed by atoms with E-state index in [9.17, 15) is 23.9 Å². The molecule has 1 aromatic carbocycles. The van der Waals surface area contributed by atoms with Crippen molar-refractivity contribution in [2.45, 2.75) is 44.5 Å². The van der Waals surface area contributed by atoms with E-state index in [-0.39, 0.29) is 34.6 Å². The van der Waals surface area contributed by atoms with Crippen LogP contribution in [0.4, 0.5) is 10.2 Å². The maximum Gasteiger partial charge on any atom is 0.481 e. The number of hydrogen-bond donors (Lipinski definition) is 4. The van der Waals surface area contributed by atoms with E-state index in [0.29, 0.717) is 0 Å². The fourth-order valence-electron chi connectivity index (χ4n) is 3.73. The molecule has 3 unspecified atom stereocenters. The number of aromatic nitrogens is 4. The van der Waals surface area contributed by atoms with Crippen LogP contribution in [0.1, 0.15) is 20.1 Å². The van der Waals surface area contributed by atoms with Crippen LogP contribution in [0.5, 0.6) is 5.75 Å². The average molecular weight is 639 g/mol. The van der Waals surface area contributed by atoms with Gasteiger partial charge in [-0.05, 0) is 37.6 Å². The lowest BCUT2D eigenvalue weighted by Crippen LogP contribution is -2.35. The molecule has 0 radical (unpaired) electrons. The third-order valence-electron chi connectivity index (χ3n) is 5.56. The minimum Gasteiger partial charge on any atom is -0.465 e. The average Bonchev–Trinajstić information content (AvgIpc) is 3.43. The zero-order chi connectivity index (χ0) is 29.9. The number of carbonyl (C=O) groups excluding carboxylic acids is 1. The van der Waals surface area contributed by atoms with E-state index in [2.05, 4.69) is 20.0 Å². The van der Waals surface area contributed by atoms with Crippen molar-refractivity contribution < 1.29 is 51.1 Å². The number of hydrogen-bond acceptors (Lipinski definition) is 13. The number of nitrogens with one attached hydrogen (secondary N) is 1. The number of nitrogens with two attached hydrogens (primary N) is 1. The number of aliphatic hydroxyl groups is 1. The fourth-order valence-corrected chi connectivity index (χ4v) is 6.87. The van der Waals surface area contributed by atoms with E-state index < -0.39 is 58.8 Å². The summed E-state index contributed by atoms with van der Waals surface area (Å²) in [6.07, 6.45) is -5.79. The van der Waals surface area contributed by atoms with E-state index in [1.54, 1.807) is 13.0 Å². The van der Waals surface area contributed by atoms with Crippen molar-refractivity contribution in [3.63, 3.8) is 0 Å². The lowest BCUT2D eigenvalue weighted by molar-refractivity contribution is -0.144. The summed E-state index contributed by atoms with van der Waals surface area (Å²) in [6.45, 7) is 1.94. The Morgan fingerprint density at radius 1 is 1.32 bits per heavy atom. The Labute approximate surface area is 237 Å². The first-order chi connectivity index (χ1) is 19.3. The molecule has 1 fully saturated rings. The second kappa shape index (κ2) is 12.7. The van der Waals surface area contributed by atoms with Crippen molar-refractivity contribution in [3.8, 4) is 5.75 Å². The highest BCUT2D eigenvalue weighted by Crippen LogP contribution is 2.60. The van der Waals surface area contributed by atoms with Gasteiger partial charge >= 0.3 is 21.5 Å². The molecule has 16 nitrogen and oxygen atoms in total. The number of phosphoric ester groups is 1. The second-order valence-electron chi connectivity index (χ2n) is 8.55.